The minimum absolute atomic E-state index is 0.0642. The number of aliphatic hydroxyl groups is 1. The van der Waals surface area contributed by atoms with Crippen LogP contribution < -0.4 is 16.2 Å². The second-order valence-corrected chi connectivity index (χ2v) is 3.86. The van der Waals surface area contributed by atoms with Crippen LogP contribution in [0.1, 0.15) is 13.3 Å². The molecule has 18 heavy (non-hydrogen) atoms. The molecule has 8 nitrogen and oxygen atoms in total. The lowest BCUT2D eigenvalue weighted by molar-refractivity contribution is 0.301. The maximum absolute atomic E-state index is 9.12. The fraction of sp³-hybridized carbons (Fsp3) is 0.500. The molecule has 0 radical (unpaired) electrons. The molecule has 5 N–H and O–H groups in total. The zero-order valence-corrected chi connectivity index (χ0v) is 10.2. The van der Waals surface area contributed by atoms with Crippen LogP contribution in [0.15, 0.2) is 6.20 Å². The number of aromatic nitrogens is 4. The number of nitrogens with two attached hydrogens (primary N) is 1. The number of rotatable bonds is 6. The Bertz CT molecular complexity index is 506. The van der Waals surface area contributed by atoms with Crippen LogP contribution in [0.3, 0.4) is 0 Å². The SMILES string of the molecule is CCCN(CCO)c1nc(NN)nc2[nH]ncc12. The summed E-state index contributed by atoms with van der Waals surface area (Å²) in [5.74, 6) is 6.39. The number of nitrogen functional groups attached to an aromatic ring is 1. The van der Waals surface area contributed by atoms with Crippen molar-refractivity contribution in [3.63, 3.8) is 0 Å². The summed E-state index contributed by atoms with van der Waals surface area (Å²) in [5, 5.41) is 16.7. The number of hydrogen-bond acceptors (Lipinski definition) is 7. The summed E-state index contributed by atoms with van der Waals surface area (Å²) in [6.07, 6.45) is 2.62. The molecule has 0 aromatic carbocycles. The van der Waals surface area contributed by atoms with E-state index in [1.165, 1.54) is 0 Å². The zero-order chi connectivity index (χ0) is 13.0. The smallest absolute Gasteiger partial charge is 0.241 e. The highest BCUT2D eigenvalue weighted by Gasteiger charge is 2.14. The topological polar surface area (TPSA) is 116 Å². The van der Waals surface area contributed by atoms with Gasteiger partial charge in [-0.05, 0) is 6.42 Å². The van der Waals surface area contributed by atoms with Crippen LogP contribution in [0, 0.1) is 0 Å². The number of nitrogens with zero attached hydrogens (tertiary/aromatic N) is 4. The minimum Gasteiger partial charge on any atom is -0.395 e. The first-order valence-electron chi connectivity index (χ1n) is 5.83. The molecule has 0 bridgehead atoms. The third-order valence-electron chi connectivity index (χ3n) is 2.58. The second-order valence-electron chi connectivity index (χ2n) is 3.86. The molecule has 0 unspecified atom stereocenters. The number of aliphatic hydroxyl groups excluding tert-OH is 1. The van der Waals surface area contributed by atoms with E-state index in [0.717, 1.165) is 24.2 Å². The summed E-state index contributed by atoms with van der Waals surface area (Å²) >= 11 is 0. The number of anilines is 2. The lowest BCUT2D eigenvalue weighted by Crippen LogP contribution is -2.29. The molecular formula is C10H17N7O. The van der Waals surface area contributed by atoms with Gasteiger partial charge < -0.3 is 10.0 Å². The van der Waals surface area contributed by atoms with Crippen LogP contribution in [0.2, 0.25) is 0 Å². The molecular weight excluding hydrogens is 234 g/mol. The first-order valence-corrected chi connectivity index (χ1v) is 5.83. The number of fused-ring (bicyclic) bond motifs is 1. The van der Waals surface area contributed by atoms with Crippen LogP contribution in [-0.2, 0) is 0 Å². The van der Waals surface area contributed by atoms with Gasteiger partial charge in [-0.15, -0.1) is 0 Å². The van der Waals surface area contributed by atoms with Gasteiger partial charge in [-0.2, -0.15) is 15.1 Å². The summed E-state index contributed by atoms with van der Waals surface area (Å²) < 4.78 is 0. The number of hydrazine groups is 1. The largest absolute Gasteiger partial charge is 0.395 e. The van der Waals surface area contributed by atoms with Gasteiger partial charge in [0.15, 0.2) is 5.65 Å². The van der Waals surface area contributed by atoms with E-state index < -0.39 is 0 Å². The maximum atomic E-state index is 9.12. The van der Waals surface area contributed by atoms with Crippen molar-refractivity contribution in [2.75, 3.05) is 30.0 Å². The van der Waals surface area contributed by atoms with Crippen molar-refractivity contribution in [2.45, 2.75) is 13.3 Å². The maximum Gasteiger partial charge on any atom is 0.241 e. The molecule has 0 saturated carbocycles. The second kappa shape index (κ2) is 5.61. The molecule has 0 spiro atoms. The van der Waals surface area contributed by atoms with E-state index in [1.54, 1.807) is 6.20 Å². The highest BCUT2D eigenvalue weighted by Crippen LogP contribution is 2.23. The summed E-state index contributed by atoms with van der Waals surface area (Å²) in [5.41, 5.74) is 3.05. The number of H-pyrrole nitrogens is 1. The van der Waals surface area contributed by atoms with E-state index in [9.17, 15) is 0 Å². The molecule has 0 atom stereocenters. The third-order valence-corrected chi connectivity index (χ3v) is 2.58. The van der Waals surface area contributed by atoms with Gasteiger partial charge >= 0.3 is 0 Å². The molecule has 2 aromatic rings. The molecule has 2 aromatic heterocycles. The van der Waals surface area contributed by atoms with E-state index in [2.05, 4.69) is 32.5 Å². The minimum atomic E-state index is 0.0642. The van der Waals surface area contributed by atoms with E-state index in [0.29, 0.717) is 18.1 Å². The number of hydrogen-bond donors (Lipinski definition) is 4. The zero-order valence-electron chi connectivity index (χ0n) is 10.2. The molecule has 0 fully saturated rings. The first-order chi connectivity index (χ1) is 8.80. The van der Waals surface area contributed by atoms with Crippen LogP contribution in [0.5, 0.6) is 0 Å². The molecule has 0 aliphatic heterocycles. The normalized spacial score (nSPS) is 10.8. The van der Waals surface area contributed by atoms with E-state index in [4.69, 9.17) is 10.9 Å². The van der Waals surface area contributed by atoms with Crippen molar-refractivity contribution in [2.24, 2.45) is 5.84 Å². The van der Waals surface area contributed by atoms with Gasteiger partial charge in [0, 0.05) is 13.1 Å². The Kier molecular flexibility index (Phi) is 3.90. The van der Waals surface area contributed by atoms with Crippen molar-refractivity contribution in [3.05, 3.63) is 6.20 Å². The average Bonchev–Trinajstić information content (AvgIpc) is 2.85. The Labute approximate surface area is 104 Å². The van der Waals surface area contributed by atoms with Gasteiger partial charge in [-0.25, -0.2) is 5.84 Å². The van der Waals surface area contributed by atoms with Crippen LogP contribution >= 0.6 is 0 Å². The van der Waals surface area contributed by atoms with Gasteiger partial charge in [0.25, 0.3) is 0 Å². The highest BCUT2D eigenvalue weighted by atomic mass is 16.3. The molecule has 8 heteroatoms. The molecule has 0 amide bonds. The van der Waals surface area contributed by atoms with Gasteiger partial charge in [-0.3, -0.25) is 10.5 Å². The molecule has 0 saturated heterocycles. The van der Waals surface area contributed by atoms with Crippen molar-refractivity contribution in [1.29, 1.82) is 0 Å². The Hall–Kier alpha value is -1.93. The number of aromatic amines is 1. The van der Waals surface area contributed by atoms with Crippen molar-refractivity contribution in [1.82, 2.24) is 20.2 Å². The van der Waals surface area contributed by atoms with Gasteiger partial charge in [-0.1, -0.05) is 6.92 Å². The molecule has 98 valence electrons. The van der Waals surface area contributed by atoms with E-state index in [1.807, 2.05) is 4.90 Å². The lowest BCUT2D eigenvalue weighted by Gasteiger charge is -2.22. The van der Waals surface area contributed by atoms with Gasteiger partial charge in [0.2, 0.25) is 5.95 Å². The summed E-state index contributed by atoms with van der Waals surface area (Å²) in [6, 6.07) is 0. The van der Waals surface area contributed by atoms with Crippen LogP contribution in [0.4, 0.5) is 11.8 Å². The van der Waals surface area contributed by atoms with Gasteiger partial charge in [0.05, 0.1) is 18.2 Å². The van der Waals surface area contributed by atoms with Crippen LogP contribution in [-0.4, -0.2) is 45.0 Å². The van der Waals surface area contributed by atoms with Crippen molar-refractivity contribution >= 4 is 22.8 Å². The standard InChI is InChI=1S/C10H17N7O/c1-2-3-17(4-5-18)9-7-6-12-16-8(7)13-10(14-9)15-11/h6,18H,2-5,11H2,1H3,(H2,12,13,14,15,16). The Morgan fingerprint density at radius 3 is 2.94 bits per heavy atom. The highest BCUT2D eigenvalue weighted by molar-refractivity contribution is 5.87. The van der Waals surface area contributed by atoms with Gasteiger partial charge in [0.1, 0.15) is 5.82 Å². The molecule has 0 aliphatic carbocycles. The van der Waals surface area contributed by atoms with E-state index >= 15 is 0 Å². The predicted octanol–water partition coefficient (Wildman–Crippen LogP) is -0.153. The Morgan fingerprint density at radius 2 is 2.28 bits per heavy atom. The molecule has 2 rings (SSSR count). The summed E-state index contributed by atoms with van der Waals surface area (Å²) in [6.45, 7) is 3.44. The van der Waals surface area contributed by atoms with Crippen LogP contribution in [0.25, 0.3) is 11.0 Å². The monoisotopic (exact) mass is 251 g/mol. The molecule has 0 aliphatic rings. The van der Waals surface area contributed by atoms with E-state index in [-0.39, 0.29) is 6.61 Å². The predicted molar refractivity (Wildman–Crippen MR) is 69.1 cm³/mol. The van der Waals surface area contributed by atoms with Crippen molar-refractivity contribution in [3.8, 4) is 0 Å². The lowest BCUT2D eigenvalue weighted by atomic mass is 10.3. The summed E-state index contributed by atoms with van der Waals surface area (Å²) in [7, 11) is 0. The Balaban J connectivity index is 2.48. The average molecular weight is 251 g/mol. The molecule has 2 heterocycles. The van der Waals surface area contributed by atoms with Crippen molar-refractivity contribution < 1.29 is 5.11 Å². The summed E-state index contributed by atoms with van der Waals surface area (Å²) in [4.78, 5) is 10.5. The number of nitrogens with one attached hydrogen (secondary N) is 2. The quantitative estimate of drug-likeness (QED) is 0.416. The third kappa shape index (κ3) is 2.34. The fourth-order valence-electron chi connectivity index (χ4n) is 1.84. The first kappa shape index (κ1) is 12.5. The Morgan fingerprint density at radius 1 is 1.44 bits per heavy atom. The fourth-order valence-corrected chi connectivity index (χ4v) is 1.84.